The van der Waals surface area contributed by atoms with Crippen LogP contribution >= 0.6 is 0 Å². The van der Waals surface area contributed by atoms with Gasteiger partial charge in [-0.3, -0.25) is 14.9 Å². The van der Waals surface area contributed by atoms with E-state index in [-0.39, 0.29) is 23.1 Å². The third-order valence-electron chi connectivity index (χ3n) is 1.60. The molecule has 72 valence electrons. The van der Waals surface area contributed by atoms with Gasteiger partial charge in [-0.25, -0.2) is 4.79 Å². The predicted octanol–water partition coefficient (Wildman–Crippen LogP) is 1.11. The Kier molecular flexibility index (Phi) is 2.57. The largest absolute Gasteiger partial charge is 0.478 e. The second-order valence-electron chi connectivity index (χ2n) is 2.45. The monoisotopic (exact) mass is 195 g/mol. The number of benzene rings is 1. The second-order valence-corrected chi connectivity index (χ2v) is 2.45. The van der Waals surface area contributed by atoms with E-state index in [2.05, 4.69) is 0 Å². The third kappa shape index (κ3) is 1.74. The van der Waals surface area contributed by atoms with Crippen molar-refractivity contribution in [1.82, 2.24) is 0 Å². The lowest BCUT2D eigenvalue weighted by Crippen LogP contribution is -2.02. The smallest absolute Gasteiger partial charge is 0.336 e. The standard InChI is InChI=1S/C8H5NO5/c10-4-5-3-6(9(13)14)1-2-7(5)8(11)12/h1-4H,(H,11,12). The molecule has 1 aromatic rings. The summed E-state index contributed by atoms with van der Waals surface area (Å²) in [6.45, 7) is 0. The number of aldehydes is 1. The molecule has 0 saturated heterocycles. The van der Waals surface area contributed by atoms with E-state index in [1.54, 1.807) is 0 Å². The molecule has 14 heavy (non-hydrogen) atoms. The van der Waals surface area contributed by atoms with E-state index in [1.807, 2.05) is 0 Å². The highest BCUT2D eigenvalue weighted by Gasteiger charge is 2.14. The maximum Gasteiger partial charge on any atom is 0.336 e. The maximum atomic E-state index is 10.5. The summed E-state index contributed by atoms with van der Waals surface area (Å²) in [5.41, 5.74) is -0.755. The lowest BCUT2D eigenvalue weighted by Gasteiger charge is -1.98. The quantitative estimate of drug-likeness (QED) is 0.442. The predicted molar refractivity (Wildman–Crippen MR) is 45.4 cm³/mol. The lowest BCUT2D eigenvalue weighted by molar-refractivity contribution is -0.384. The van der Waals surface area contributed by atoms with Gasteiger partial charge in [-0.15, -0.1) is 0 Å². The van der Waals surface area contributed by atoms with Crippen LogP contribution in [0, 0.1) is 10.1 Å². The van der Waals surface area contributed by atoms with Crippen LogP contribution in [0.3, 0.4) is 0 Å². The van der Waals surface area contributed by atoms with Crippen LogP contribution in [-0.4, -0.2) is 22.3 Å². The molecule has 1 aromatic carbocycles. The van der Waals surface area contributed by atoms with Crippen LogP contribution in [0.5, 0.6) is 0 Å². The third-order valence-corrected chi connectivity index (χ3v) is 1.60. The number of hydrogen-bond donors (Lipinski definition) is 1. The Bertz CT molecular complexity index is 412. The molecular formula is C8H5NO5. The van der Waals surface area contributed by atoms with Gasteiger partial charge in [0, 0.05) is 17.7 Å². The van der Waals surface area contributed by atoms with Gasteiger partial charge in [-0.05, 0) is 6.07 Å². The van der Waals surface area contributed by atoms with Gasteiger partial charge in [-0.2, -0.15) is 0 Å². The van der Waals surface area contributed by atoms with Gasteiger partial charge in [0.05, 0.1) is 10.5 Å². The van der Waals surface area contributed by atoms with Crippen molar-refractivity contribution in [2.24, 2.45) is 0 Å². The fourth-order valence-electron chi connectivity index (χ4n) is 0.956. The van der Waals surface area contributed by atoms with Crippen LogP contribution in [0.4, 0.5) is 5.69 Å². The van der Waals surface area contributed by atoms with Gasteiger partial charge in [-0.1, -0.05) is 0 Å². The molecule has 6 nitrogen and oxygen atoms in total. The zero-order valence-electron chi connectivity index (χ0n) is 6.84. The van der Waals surface area contributed by atoms with Gasteiger partial charge < -0.3 is 5.11 Å². The minimum absolute atomic E-state index is 0.202. The summed E-state index contributed by atoms with van der Waals surface area (Å²) < 4.78 is 0. The molecule has 0 radical (unpaired) electrons. The van der Waals surface area contributed by atoms with E-state index >= 15 is 0 Å². The van der Waals surface area contributed by atoms with Crippen LogP contribution in [0.15, 0.2) is 18.2 Å². The first-order valence-corrected chi connectivity index (χ1v) is 3.53. The van der Waals surface area contributed by atoms with Crippen LogP contribution in [0.25, 0.3) is 0 Å². The Morgan fingerprint density at radius 2 is 2.14 bits per heavy atom. The zero-order valence-corrected chi connectivity index (χ0v) is 6.84. The number of nitro groups is 1. The van der Waals surface area contributed by atoms with Crippen molar-refractivity contribution in [2.75, 3.05) is 0 Å². The Morgan fingerprint density at radius 1 is 1.50 bits per heavy atom. The van der Waals surface area contributed by atoms with Crippen molar-refractivity contribution in [3.05, 3.63) is 39.4 Å². The molecule has 0 fully saturated rings. The SMILES string of the molecule is O=Cc1cc([N+](=O)[O-])ccc1C(=O)O. The molecule has 1 rings (SSSR count). The molecule has 0 bridgehead atoms. The molecule has 0 aromatic heterocycles. The summed E-state index contributed by atoms with van der Waals surface area (Å²) in [5.74, 6) is -1.29. The highest BCUT2D eigenvalue weighted by Crippen LogP contribution is 2.16. The molecule has 0 aliphatic carbocycles. The fraction of sp³-hybridized carbons (Fsp3) is 0. The summed E-state index contributed by atoms with van der Waals surface area (Å²) in [5, 5.41) is 18.9. The zero-order chi connectivity index (χ0) is 10.7. The number of carbonyl (C=O) groups is 2. The minimum Gasteiger partial charge on any atom is -0.478 e. The van der Waals surface area contributed by atoms with Crippen molar-refractivity contribution in [1.29, 1.82) is 0 Å². The first-order chi connectivity index (χ1) is 6.56. The summed E-state index contributed by atoms with van der Waals surface area (Å²) >= 11 is 0. The molecule has 0 spiro atoms. The Balaban J connectivity index is 3.32. The molecule has 0 unspecified atom stereocenters. The van der Waals surface area contributed by atoms with E-state index in [4.69, 9.17) is 5.11 Å². The molecule has 6 heteroatoms. The number of hydrogen-bond acceptors (Lipinski definition) is 4. The number of nitrogens with zero attached hydrogens (tertiary/aromatic N) is 1. The lowest BCUT2D eigenvalue weighted by atomic mass is 10.1. The number of non-ortho nitro benzene ring substituents is 1. The summed E-state index contributed by atoms with van der Waals surface area (Å²) in [6.07, 6.45) is 0.274. The summed E-state index contributed by atoms with van der Waals surface area (Å²) in [6, 6.07) is 3.00. The highest BCUT2D eigenvalue weighted by molar-refractivity contribution is 5.97. The van der Waals surface area contributed by atoms with Crippen molar-refractivity contribution in [2.45, 2.75) is 0 Å². The fourth-order valence-corrected chi connectivity index (χ4v) is 0.956. The van der Waals surface area contributed by atoms with Crippen LogP contribution in [0.1, 0.15) is 20.7 Å². The average molecular weight is 195 g/mol. The molecular weight excluding hydrogens is 190 g/mol. The molecule has 0 saturated carbocycles. The van der Waals surface area contributed by atoms with Crippen LogP contribution < -0.4 is 0 Å². The molecule has 0 atom stereocenters. The molecule has 1 N–H and O–H groups in total. The van der Waals surface area contributed by atoms with Crippen LogP contribution in [0.2, 0.25) is 0 Å². The highest BCUT2D eigenvalue weighted by atomic mass is 16.6. The first-order valence-electron chi connectivity index (χ1n) is 3.53. The number of rotatable bonds is 3. The topological polar surface area (TPSA) is 97.5 Å². The second kappa shape index (κ2) is 3.65. The van der Waals surface area contributed by atoms with Crippen molar-refractivity contribution in [3.63, 3.8) is 0 Å². The van der Waals surface area contributed by atoms with Gasteiger partial charge in [0.2, 0.25) is 0 Å². The summed E-state index contributed by atoms with van der Waals surface area (Å²) in [4.78, 5) is 30.6. The summed E-state index contributed by atoms with van der Waals surface area (Å²) in [7, 11) is 0. The van der Waals surface area contributed by atoms with Crippen molar-refractivity contribution in [3.8, 4) is 0 Å². The molecule has 0 aliphatic heterocycles. The van der Waals surface area contributed by atoms with Gasteiger partial charge >= 0.3 is 5.97 Å². The average Bonchev–Trinajstić information content (AvgIpc) is 2.16. The van der Waals surface area contributed by atoms with E-state index < -0.39 is 10.9 Å². The normalized spacial score (nSPS) is 9.43. The van der Waals surface area contributed by atoms with Crippen molar-refractivity contribution < 1.29 is 19.6 Å². The number of carbonyl (C=O) groups excluding carboxylic acids is 1. The van der Waals surface area contributed by atoms with Gasteiger partial charge in [0.1, 0.15) is 0 Å². The number of nitro benzene ring substituents is 1. The van der Waals surface area contributed by atoms with Crippen LogP contribution in [-0.2, 0) is 0 Å². The Morgan fingerprint density at radius 3 is 2.57 bits per heavy atom. The number of carboxylic acids is 1. The number of aromatic carboxylic acids is 1. The van der Waals surface area contributed by atoms with E-state index in [0.717, 1.165) is 18.2 Å². The van der Waals surface area contributed by atoms with Gasteiger partial charge in [0.15, 0.2) is 6.29 Å². The Labute approximate surface area is 77.9 Å². The molecule has 0 heterocycles. The van der Waals surface area contributed by atoms with Crippen molar-refractivity contribution >= 4 is 17.9 Å². The van der Waals surface area contributed by atoms with Gasteiger partial charge in [0.25, 0.3) is 5.69 Å². The van der Waals surface area contributed by atoms with E-state index in [9.17, 15) is 19.7 Å². The number of carboxylic acid groups (broad SMARTS) is 1. The molecule has 0 aliphatic rings. The van der Waals surface area contributed by atoms with E-state index in [1.165, 1.54) is 0 Å². The maximum absolute atomic E-state index is 10.5. The Hall–Kier alpha value is -2.24. The minimum atomic E-state index is -1.29. The first kappa shape index (κ1) is 9.85. The van der Waals surface area contributed by atoms with E-state index in [0.29, 0.717) is 0 Å². The molecule has 0 amide bonds.